The van der Waals surface area contributed by atoms with Gasteiger partial charge < -0.3 is 14.2 Å². The van der Waals surface area contributed by atoms with Crippen LogP contribution in [0.3, 0.4) is 0 Å². The lowest BCUT2D eigenvalue weighted by atomic mass is 10.1. The number of carbonyl (C=O) groups excluding carboxylic acids is 2. The van der Waals surface area contributed by atoms with E-state index in [2.05, 4.69) is 22.6 Å². The van der Waals surface area contributed by atoms with Crippen molar-refractivity contribution in [2.45, 2.75) is 20.0 Å². The molecule has 0 atom stereocenters. The third-order valence-electron chi connectivity index (χ3n) is 4.74. The molecule has 1 saturated heterocycles. The smallest absolute Gasteiger partial charge is 0.293 e. The molecule has 2 aromatic carbocycles. The first kappa shape index (κ1) is 26.0. The Kier molecular flexibility index (Phi) is 9.30. The van der Waals surface area contributed by atoms with Crippen LogP contribution < -0.4 is 9.47 Å². The molecule has 9 nitrogen and oxygen atoms in total. The third-order valence-corrected chi connectivity index (χ3v) is 6.45. The summed E-state index contributed by atoms with van der Waals surface area (Å²) in [5.41, 5.74) is 1.34. The maximum atomic E-state index is 12.7. The fourth-order valence-electron chi connectivity index (χ4n) is 3.20. The average molecular weight is 598 g/mol. The van der Waals surface area contributed by atoms with Gasteiger partial charge in [0.15, 0.2) is 11.5 Å². The largest absolute Gasteiger partial charge is 0.490 e. The van der Waals surface area contributed by atoms with Crippen LogP contribution in [0, 0.1) is 13.7 Å². The molecule has 1 heterocycles. The molecule has 34 heavy (non-hydrogen) atoms. The summed E-state index contributed by atoms with van der Waals surface area (Å²) >= 11 is 3.01. The monoisotopic (exact) mass is 598 g/mol. The molecule has 0 N–H and O–H groups in total. The quantitative estimate of drug-likeness (QED) is 0.114. The van der Waals surface area contributed by atoms with Crippen molar-refractivity contribution in [1.82, 2.24) is 4.90 Å². The Morgan fingerprint density at radius 1 is 1.21 bits per heavy atom. The van der Waals surface area contributed by atoms with Gasteiger partial charge in [0.2, 0.25) is 0 Å². The van der Waals surface area contributed by atoms with E-state index in [1.807, 2.05) is 13.0 Å². The Hall–Kier alpha value is -2.64. The van der Waals surface area contributed by atoms with Crippen LogP contribution in [-0.4, -0.2) is 47.8 Å². The van der Waals surface area contributed by atoms with E-state index in [0.717, 1.165) is 15.3 Å². The number of halogens is 1. The van der Waals surface area contributed by atoms with Crippen LogP contribution in [0.25, 0.3) is 6.08 Å². The molecule has 1 aliphatic rings. The molecule has 180 valence electrons. The zero-order chi connectivity index (χ0) is 24.7. The molecule has 2 aromatic rings. The number of nitro groups is 1. The molecular formula is C23H23IN2O7S. The van der Waals surface area contributed by atoms with E-state index in [0.29, 0.717) is 53.7 Å². The second-order valence-electron chi connectivity index (χ2n) is 7.16. The highest BCUT2D eigenvalue weighted by Crippen LogP contribution is 2.38. The maximum absolute atomic E-state index is 12.7. The molecule has 0 bridgehead atoms. The van der Waals surface area contributed by atoms with Gasteiger partial charge in [0.1, 0.15) is 6.61 Å². The van der Waals surface area contributed by atoms with Gasteiger partial charge in [-0.15, -0.1) is 0 Å². The molecule has 0 saturated carbocycles. The van der Waals surface area contributed by atoms with Crippen LogP contribution in [0.15, 0.2) is 41.3 Å². The number of imide groups is 1. The van der Waals surface area contributed by atoms with E-state index in [9.17, 15) is 19.7 Å². The van der Waals surface area contributed by atoms with E-state index >= 15 is 0 Å². The van der Waals surface area contributed by atoms with Crippen LogP contribution in [-0.2, 0) is 16.1 Å². The molecule has 11 heteroatoms. The second kappa shape index (κ2) is 12.2. The van der Waals surface area contributed by atoms with Crippen LogP contribution in [0.1, 0.15) is 24.5 Å². The fraction of sp³-hybridized carbons (Fsp3) is 0.304. The Balaban J connectivity index is 1.81. The number of hydrogen-bond acceptors (Lipinski definition) is 8. The Labute approximate surface area is 214 Å². The van der Waals surface area contributed by atoms with Crippen LogP contribution in [0.5, 0.6) is 11.5 Å². The van der Waals surface area contributed by atoms with Gasteiger partial charge in [-0.25, -0.2) is 0 Å². The number of nitrogens with zero attached hydrogens (tertiary/aromatic N) is 2. The lowest BCUT2D eigenvalue weighted by molar-refractivity contribution is -0.384. The number of amides is 2. The van der Waals surface area contributed by atoms with Crippen molar-refractivity contribution in [2.24, 2.45) is 0 Å². The van der Waals surface area contributed by atoms with Crippen molar-refractivity contribution in [3.8, 4) is 11.5 Å². The summed E-state index contributed by atoms with van der Waals surface area (Å²) in [5.74, 6) is 0.647. The number of benzene rings is 2. The predicted octanol–water partition coefficient (Wildman–Crippen LogP) is 5.25. The topological polar surface area (TPSA) is 108 Å². The maximum Gasteiger partial charge on any atom is 0.293 e. The van der Waals surface area contributed by atoms with Crippen molar-refractivity contribution in [2.75, 3.05) is 26.9 Å². The van der Waals surface area contributed by atoms with Crippen molar-refractivity contribution < 1.29 is 28.7 Å². The summed E-state index contributed by atoms with van der Waals surface area (Å²) in [6.45, 7) is 3.13. The summed E-state index contributed by atoms with van der Waals surface area (Å²) in [5, 5.41) is 10.7. The lowest BCUT2D eigenvalue weighted by Crippen LogP contribution is -2.29. The van der Waals surface area contributed by atoms with Gasteiger partial charge in [0.05, 0.1) is 20.0 Å². The zero-order valence-corrected chi connectivity index (χ0v) is 21.6. The van der Waals surface area contributed by atoms with Crippen molar-refractivity contribution in [3.63, 3.8) is 0 Å². The van der Waals surface area contributed by atoms with E-state index < -0.39 is 4.92 Å². The molecule has 0 spiro atoms. The predicted molar refractivity (Wildman–Crippen MR) is 137 cm³/mol. The van der Waals surface area contributed by atoms with E-state index in [-0.39, 0.29) is 23.4 Å². The Morgan fingerprint density at radius 3 is 2.71 bits per heavy atom. The molecule has 2 amide bonds. The Morgan fingerprint density at radius 2 is 2.00 bits per heavy atom. The number of methoxy groups -OCH3 is 1. The number of thioether (sulfide) groups is 1. The molecule has 0 radical (unpaired) electrons. The minimum absolute atomic E-state index is 0.00709. The van der Waals surface area contributed by atoms with E-state index in [1.165, 1.54) is 17.0 Å². The molecule has 0 unspecified atom stereocenters. The number of nitro benzene ring substituents is 1. The van der Waals surface area contributed by atoms with Gasteiger partial charge in [-0.3, -0.25) is 24.6 Å². The number of hydrogen-bond donors (Lipinski definition) is 0. The third kappa shape index (κ3) is 6.48. The van der Waals surface area contributed by atoms with Crippen molar-refractivity contribution in [1.29, 1.82) is 0 Å². The van der Waals surface area contributed by atoms with Crippen molar-refractivity contribution in [3.05, 3.63) is 66.1 Å². The first-order valence-corrected chi connectivity index (χ1v) is 12.3. The highest BCUT2D eigenvalue weighted by Gasteiger charge is 2.34. The van der Waals surface area contributed by atoms with Gasteiger partial charge in [-0.1, -0.05) is 12.1 Å². The molecule has 0 aromatic heterocycles. The minimum atomic E-state index is -0.451. The summed E-state index contributed by atoms with van der Waals surface area (Å²) in [6.07, 6.45) is 2.24. The highest BCUT2D eigenvalue weighted by atomic mass is 127. The van der Waals surface area contributed by atoms with E-state index in [1.54, 1.807) is 31.4 Å². The number of carbonyl (C=O) groups is 2. The SMILES string of the molecule is CCOc1cc(/C=C2/SC(=O)N(CCCOC)C2=O)cc(I)c1OCc1cccc([N+](=O)[O-])c1. The average Bonchev–Trinajstić information content (AvgIpc) is 3.06. The molecule has 1 fully saturated rings. The zero-order valence-electron chi connectivity index (χ0n) is 18.6. The Bertz CT molecular complexity index is 1120. The standard InChI is InChI=1S/C23H23IN2O7S/c1-3-32-19-12-16(13-20-22(27)25(23(28)34-20)8-5-9-31-2)11-18(24)21(19)33-14-15-6-4-7-17(10-15)26(29)30/h4,6-7,10-13H,3,5,8-9,14H2,1-2H3/b20-13+. The summed E-state index contributed by atoms with van der Waals surface area (Å²) in [4.78, 5) is 37.1. The van der Waals surface area contributed by atoms with Crippen LogP contribution in [0.2, 0.25) is 0 Å². The summed E-state index contributed by atoms with van der Waals surface area (Å²) < 4.78 is 17.4. The van der Waals surface area contributed by atoms with Gasteiger partial charge >= 0.3 is 0 Å². The van der Waals surface area contributed by atoms with Gasteiger partial charge in [-0.05, 0) is 77.0 Å². The van der Waals surface area contributed by atoms with Crippen LogP contribution in [0.4, 0.5) is 10.5 Å². The fourth-order valence-corrected chi connectivity index (χ4v) is 4.85. The van der Waals surface area contributed by atoms with Crippen LogP contribution >= 0.6 is 34.4 Å². The normalized spacial score (nSPS) is 14.7. The van der Waals surface area contributed by atoms with Gasteiger partial charge in [-0.2, -0.15) is 0 Å². The molecular weight excluding hydrogens is 575 g/mol. The first-order valence-electron chi connectivity index (χ1n) is 10.4. The highest BCUT2D eigenvalue weighted by molar-refractivity contribution is 14.1. The second-order valence-corrected chi connectivity index (χ2v) is 9.31. The van der Waals surface area contributed by atoms with Gasteiger partial charge in [0, 0.05) is 32.4 Å². The summed E-state index contributed by atoms with van der Waals surface area (Å²) in [6, 6.07) is 9.81. The number of non-ortho nitro benzene ring substituents is 1. The summed E-state index contributed by atoms with van der Waals surface area (Å²) in [7, 11) is 1.57. The first-order chi connectivity index (χ1) is 16.3. The molecule has 3 rings (SSSR count). The van der Waals surface area contributed by atoms with E-state index in [4.69, 9.17) is 14.2 Å². The number of rotatable bonds is 11. The molecule has 1 aliphatic heterocycles. The number of ether oxygens (including phenoxy) is 3. The minimum Gasteiger partial charge on any atom is -0.490 e. The molecule has 0 aliphatic carbocycles. The lowest BCUT2D eigenvalue weighted by Gasteiger charge is -2.15. The van der Waals surface area contributed by atoms with Crippen molar-refractivity contribution >= 4 is 57.3 Å². The van der Waals surface area contributed by atoms with Gasteiger partial charge in [0.25, 0.3) is 16.8 Å².